The minimum atomic E-state index is -0.282. The van der Waals surface area contributed by atoms with Gasteiger partial charge in [-0.25, -0.2) is 5.84 Å². The molecular formula is C9H17N3O2. The van der Waals surface area contributed by atoms with Crippen molar-refractivity contribution in [2.24, 2.45) is 11.8 Å². The number of nitrogens with zero attached hydrogens (tertiary/aromatic N) is 1. The number of fused-ring (bicyclic) bond motifs is 2. The van der Waals surface area contributed by atoms with Crippen molar-refractivity contribution >= 4 is 5.97 Å². The van der Waals surface area contributed by atoms with Crippen molar-refractivity contribution in [2.75, 3.05) is 13.1 Å². The van der Waals surface area contributed by atoms with Crippen LogP contribution in [0.2, 0.25) is 0 Å². The van der Waals surface area contributed by atoms with Crippen LogP contribution in [-0.2, 0) is 9.63 Å². The van der Waals surface area contributed by atoms with E-state index in [9.17, 15) is 4.79 Å². The lowest BCUT2D eigenvalue weighted by atomic mass is 10.1. The average molecular weight is 199 g/mol. The number of nitrogens with one attached hydrogen (secondary N) is 1. The maximum absolute atomic E-state index is 11.0. The molecule has 1 heterocycles. The fourth-order valence-corrected chi connectivity index (χ4v) is 2.65. The van der Waals surface area contributed by atoms with Crippen molar-refractivity contribution in [3.8, 4) is 0 Å². The van der Waals surface area contributed by atoms with Gasteiger partial charge in [-0.05, 0) is 25.2 Å². The van der Waals surface area contributed by atoms with Gasteiger partial charge >= 0.3 is 5.97 Å². The van der Waals surface area contributed by atoms with Crippen LogP contribution in [0.15, 0.2) is 0 Å². The first-order valence-electron chi connectivity index (χ1n) is 5.19. The molecule has 0 aromatic heterocycles. The fourth-order valence-electron chi connectivity index (χ4n) is 2.65. The van der Waals surface area contributed by atoms with Crippen LogP contribution < -0.4 is 11.4 Å². The molecule has 1 aliphatic heterocycles. The van der Waals surface area contributed by atoms with E-state index in [4.69, 9.17) is 5.84 Å². The molecule has 0 aromatic carbocycles. The minimum Gasteiger partial charge on any atom is -0.356 e. The van der Waals surface area contributed by atoms with Gasteiger partial charge in [-0.1, -0.05) is 5.59 Å². The summed E-state index contributed by atoms with van der Waals surface area (Å²) >= 11 is 0. The first kappa shape index (κ1) is 9.89. The smallest absolute Gasteiger partial charge is 0.327 e. The highest BCUT2D eigenvalue weighted by atomic mass is 16.7. The van der Waals surface area contributed by atoms with Crippen LogP contribution in [0, 0.1) is 5.92 Å². The molecular weight excluding hydrogens is 182 g/mol. The van der Waals surface area contributed by atoms with Gasteiger partial charge in [-0.2, -0.15) is 0 Å². The van der Waals surface area contributed by atoms with Gasteiger partial charge in [0.05, 0.1) is 6.42 Å². The van der Waals surface area contributed by atoms with Crippen molar-refractivity contribution < 1.29 is 9.63 Å². The van der Waals surface area contributed by atoms with Crippen molar-refractivity contribution in [1.82, 2.24) is 10.5 Å². The summed E-state index contributed by atoms with van der Waals surface area (Å²) in [6.45, 7) is 1.97. The molecule has 0 aromatic rings. The Morgan fingerprint density at radius 1 is 1.57 bits per heavy atom. The molecule has 2 bridgehead atoms. The normalized spacial score (nSPS) is 30.9. The van der Waals surface area contributed by atoms with E-state index in [-0.39, 0.29) is 5.97 Å². The number of likely N-dealkylation sites (tertiary alicyclic amines) is 1. The third-order valence-corrected chi connectivity index (χ3v) is 3.30. The van der Waals surface area contributed by atoms with E-state index in [0.717, 1.165) is 25.0 Å². The zero-order valence-corrected chi connectivity index (χ0v) is 8.24. The topological polar surface area (TPSA) is 67.6 Å². The summed E-state index contributed by atoms with van der Waals surface area (Å²) in [6.07, 6.45) is 4.42. The molecule has 3 N–H and O–H groups in total. The lowest BCUT2D eigenvalue weighted by molar-refractivity contribution is -0.151. The summed E-state index contributed by atoms with van der Waals surface area (Å²) < 4.78 is 0. The molecule has 5 heteroatoms. The molecule has 14 heavy (non-hydrogen) atoms. The van der Waals surface area contributed by atoms with Crippen LogP contribution in [-0.4, -0.2) is 30.0 Å². The molecule has 2 fully saturated rings. The molecule has 0 amide bonds. The average Bonchev–Trinajstić information content (AvgIpc) is 2.76. The minimum absolute atomic E-state index is 0.282. The second-order valence-electron chi connectivity index (χ2n) is 4.17. The monoisotopic (exact) mass is 199 g/mol. The van der Waals surface area contributed by atoms with Crippen LogP contribution in [0.4, 0.5) is 0 Å². The van der Waals surface area contributed by atoms with Gasteiger partial charge in [-0.15, -0.1) is 0 Å². The Balaban J connectivity index is 1.69. The number of carbonyl (C=O) groups excluding carboxylic acids is 1. The summed E-state index contributed by atoms with van der Waals surface area (Å²) in [4.78, 5) is 17.9. The third kappa shape index (κ3) is 2.05. The summed E-state index contributed by atoms with van der Waals surface area (Å²) in [7, 11) is 0. The highest BCUT2D eigenvalue weighted by Gasteiger charge is 2.37. The van der Waals surface area contributed by atoms with Crippen LogP contribution in [0.25, 0.3) is 0 Å². The molecule has 1 saturated carbocycles. The number of rotatable bonds is 4. The van der Waals surface area contributed by atoms with Crippen molar-refractivity contribution in [1.29, 1.82) is 0 Å². The summed E-state index contributed by atoms with van der Waals surface area (Å²) in [5.74, 6) is 5.46. The Hall–Kier alpha value is -0.650. The second-order valence-corrected chi connectivity index (χ2v) is 4.17. The molecule has 0 spiro atoms. The molecule has 2 unspecified atom stereocenters. The van der Waals surface area contributed by atoms with E-state index in [0.29, 0.717) is 6.42 Å². The second kappa shape index (κ2) is 4.25. The first-order valence-corrected chi connectivity index (χ1v) is 5.19. The molecule has 5 nitrogen and oxygen atoms in total. The van der Waals surface area contributed by atoms with E-state index in [1.807, 2.05) is 5.59 Å². The van der Waals surface area contributed by atoms with E-state index >= 15 is 0 Å². The lowest BCUT2D eigenvalue weighted by Gasteiger charge is -2.25. The number of carbonyl (C=O) groups is 1. The predicted octanol–water partition coefficient (Wildman–Crippen LogP) is -0.218. The number of hydrogen-bond acceptors (Lipinski definition) is 5. The number of hydrazine groups is 1. The van der Waals surface area contributed by atoms with Crippen LogP contribution in [0.1, 0.15) is 25.7 Å². The summed E-state index contributed by atoms with van der Waals surface area (Å²) in [5, 5.41) is 0. The molecule has 1 aliphatic carbocycles. The molecule has 2 rings (SSSR count). The van der Waals surface area contributed by atoms with Gasteiger partial charge in [0.25, 0.3) is 0 Å². The third-order valence-electron chi connectivity index (χ3n) is 3.30. The summed E-state index contributed by atoms with van der Waals surface area (Å²) in [6, 6.07) is 0.721. The number of nitrogens with two attached hydrogens (primary N) is 1. The van der Waals surface area contributed by atoms with Gasteiger partial charge in [0, 0.05) is 19.1 Å². The molecule has 2 atom stereocenters. The molecule has 1 saturated heterocycles. The maximum atomic E-state index is 11.0. The first-order chi connectivity index (χ1) is 6.79. The van der Waals surface area contributed by atoms with Crippen LogP contribution >= 0.6 is 0 Å². The van der Waals surface area contributed by atoms with Crippen molar-refractivity contribution in [3.05, 3.63) is 0 Å². The predicted molar refractivity (Wildman–Crippen MR) is 50.7 cm³/mol. The Kier molecular flexibility index (Phi) is 3.00. The highest BCUT2D eigenvalue weighted by molar-refractivity contribution is 5.69. The standard InChI is InChI=1S/C9H17N3O2/c10-11-14-9(13)3-4-12-6-7-1-2-8(12)5-7/h7-8,11H,1-6,10H2. The molecule has 2 aliphatic rings. The Bertz CT molecular complexity index is 222. The van der Waals surface area contributed by atoms with Gasteiger partial charge in [-0.3, -0.25) is 9.69 Å². The van der Waals surface area contributed by atoms with E-state index < -0.39 is 0 Å². The van der Waals surface area contributed by atoms with E-state index in [2.05, 4.69) is 9.74 Å². The summed E-state index contributed by atoms with van der Waals surface area (Å²) in [5.41, 5.74) is 1.91. The highest BCUT2D eigenvalue weighted by Crippen LogP contribution is 2.37. The quantitative estimate of drug-likeness (QED) is 0.484. The zero-order chi connectivity index (χ0) is 9.97. The molecule has 0 radical (unpaired) electrons. The molecule has 80 valence electrons. The Morgan fingerprint density at radius 3 is 3.00 bits per heavy atom. The number of hydrogen-bond donors (Lipinski definition) is 2. The Labute approximate surface area is 83.5 Å². The zero-order valence-electron chi connectivity index (χ0n) is 8.24. The number of piperidine rings is 1. The van der Waals surface area contributed by atoms with Crippen LogP contribution in [0.5, 0.6) is 0 Å². The van der Waals surface area contributed by atoms with E-state index in [1.165, 1.54) is 19.3 Å². The lowest BCUT2D eigenvalue weighted by Crippen LogP contribution is -2.35. The largest absolute Gasteiger partial charge is 0.356 e. The SMILES string of the molecule is NNOC(=O)CCN1CC2CCC1C2. The maximum Gasteiger partial charge on any atom is 0.327 e. The van der Waals surface area contributed by atoms with Gasteiger partial charge in [0.1, 0.15) is 0 Å². The Morgan fingerprint density at radius 2 is 2.43 bits per heavy atom. The van der Waals surface area contributed by atoms with Crippen molar-refractivity contribution in [3.63, 3.8) is 0 Å². The van der Waals surface area contributed by atoms with Gasteiger partial charge in [0.2, 0.25) is 0 Å². The van der Waals surface area contributed by atoms with Gasteiger partial charge < -0.3 is 4.84 Å². The van der Waals surface area contributed by atoms with Crippen molar-refractivity contribution in [2.45, 2.75) is 31.7 Å². The van der Waals surface area contributed by atoms with Gasteiger partial charge in [0.15, 0.2) is 0 Å². The fraction of sp³-hybridized carbons (Fsp3) is 0.889. The van der Waals surface area contributed by atoms with Crippen LogP contribution in [0.3, 0.4) is 0 Å². The van der Waals surface area contributed by atoms with E-state index in [1.54, 1.807) is 0 Å².